The van der Waals surface area contributed by atoms with Gasteiger partial charge in [0.1, 0.15) is 12.0 Å². The minimum absolute atomic E-state index is 0.204. The number of hydrogen-bond donors (Lipinski definition) is 2. The van der Waals surface area contributed by atoms with Crippen LogP contribution in [-0.4, -0.2) is 35.0 Å². The van der Waals surface area contributed by atoms with Crippen molar-refractivity contribution in [3.05, 3.63) is 28.3 Å². The van der Waals surface area contributed by atoms with E-state index in [1.165, 1.54) is 38.2 Å². The normalized spacial score (nSPS) is 20.5. The van der Waals surface area contributed by atoms with Crippen LogP contribution >= 0.6 is 0 Å². The van der Waals surface area contributed by atoms with Gasteiger partial charge in [0.15, 0.2) is 5.75 Å². The molecule has 25 heavy (non-hydrogen) atoms. The summed E-state index contributed by atoms with van der Waals surface area (Å²) in [5.74, 6) is 0.979. The Balaban J connectivity index is 1.39. The van der Waals surface area contributed by atoms with Crippen LogP contribution in [0.15, 0.2) is 21.5 Å². The smallest absolute Gasteiger partial charge is 0.226 e. The molecule has 1 saturated carbocycles. The lowest BCUT2D eigenvalue weighted by Crippen LogP contribution is -2.44. The Morgan fingerprint density at radius 3 is 2.60 bits per heavy atom. The molecule has 1 amide bonds. The van der Waals surface area contributed by atoms with Crippen LogP contribution in [0, 0.1) is 5.92 Å². The number of carbonyl (C=O) groups is 1. The highest BCUT2D eigenvalue weighted by Crippen LogP contribution is 2.26. The lowest BCUT2D eigenvalue weighted by Gasteiger charge is -2.32. The maximum Gasteiger partial charge on any atom is 0.226 e. The van der Waals surface area contributed by atoms with Crippen LogP contribution in [0.3, 0.4) is 0 Å². The molecule has 1 saturated heterocycles. The summed E-state index contributed by atoms with van der Waals surface area (Å²) in [4.78, 5) is 25.9. The van der Waals surface area contributed by atoms with Crippen molar-refractivity contribution in [1.82, 2.24) is 10.2 Å². The largest absolute Gasteiger partial charge is 0.502 e. The average Bonchev–Trinajstić information content (AvgIpc) is 2.61. The van der Waals surface area contributed by atoms with E-state index in [0.717, 1.165) is 32.2 Å². The molecule has 0 atom stereocenters. The second-order valence-electron chi connectivity index (χ2n) is 7.42. The monoisotopic (exact) mass is 348 g/mol. The number of nitrogens with zero attached hydrogens (tertiary/aromatic N) is 1. The van der Waals surface area contributed by atoms with Crippen LogP contribution in [0.25, 0.3) is 0 Å². The molecule has 1 aliphatic carbocycles. The minimum atomic E-state index is -0.411. The number of amides is 1. The van der Waals surface area contributed by atoms with E-state index in [1.54, 1.807) is 0 Å². The standard InChI is InChI=1S/C19H28N2O4/c22-17-11-16(25-13-18(17)23)12-21-8-6-15(7-9-21)20-19(24)10-14-4-2-1-3-5-14/h11,13-15,23H,1-10,12H2,(H,20,24). The van der Waals surface area contributed by atoms with Crippen molar-refractivity contribution in [2.45, 2.75) is 64.0 Å². The summed E-state index contributed by atoms with van der Waals surface area (Å²) < 4.78 is 5.26. The summed E-state index contributed by atoms with van der Waals surface area (Å²) in [5.41, 5.74) is -0.411. The van der Waals surface area contributed by atoms with Gasteiger partial charge in [0.25, 0.3) is 0 Å². The SMILES string of the molecule is O=C(CC1CCCCC1)NC1CCN(Cc2cc(=O)c(O)co2)CC1. The molecular weight excluding hydrogens is 320 g/mol. The van der Waals surface area contributed by atoms with Gasteiger partial charge in [0.2, 0.25) is 11.3 Å². The van der Waals surface area contributed by atoms with Gasteiger partial charge in [0, 0.05) is 31.6 Å². The molecule has 6 nitrogen and oxygen atoms in total. The van der Waals surface area contributed by atoms with Crippen molar-refractivity contribution >= 4 is 5.91 Å². The van der Waals surface area contributed by atoms with Crippen LogP contribution in [0.1, 0.15) is 57.1 Å². The van der Waals surface area contributed by atoms with E-state index >= 15 is 0 Å². The zero-order valence-corrected chi connectivity index (χ0v) is 14.7. The van der Waals surface area contributed by atoms with Gasteiger partial charge in [-0.3, -0.25) is 14.5 Å². The number of rotatable bonds is 5. The lowest BCUT2D eigenvalue weighted by molar-refractivity contribution is -0.123. The fourth-order valence-corrected chi connectivity index (χ4v) is 3.92. The fraction of sp³-hybridized carbons (Fsp3) is 0.684. The van der Waals surface area contributed by atoms with Gasteiger partial charge in [-0.2, -0.15) is 0 Å². The van der Waals surface area contributed by atoms with Crippen LogP contribution < -0.4 is 10.7 Å². The second kappa shape index (κ2) is 8.52. The first-order chi connectivity index (χ1) is 12.1. The van der Waals surface area contributed by atoms with Crippen LogP contribution in [0.5, 0.6) is 5.75 Å². The molecule has 0 spiro atoms. The summed E-state index contributed by atoms with van der Waals surface area (Å²) in [6.07, 6.45) is 9.85. The molecule has 138 valence electrons. The Hall–Kier alpha value is -1.82. The highest BCUT2D eigenvalue weighted by molar-refractivity contribution is 5.76. The summed E-state index contributed by atoms with van der Waals surface area (Å²) in [5, 5.41) is 12.4. The average molecular weight is 348 g/mol. The Labute approximate surface area is 148 Å². The van der Waals surface area contributed by atoms with Gasteiger partial charge in [-0.05, 0) is 31.6 Å². The molecule has 2 fully saturated rings. The zero-order valence-electron chi connectivity index (χ0n) is 14.7. The Bertz CT molecular complexity index is 629. The van der Waals surface area contributed by atoms with Gasteiger partial charge in [-0.25, -0.2) is 0 Å². The first kappa shape index (κ1) is 18.0. The molecule has 2 aliphatic rings. The molecule has 1 aromatic heterocycles. The Morgan fingerprint density at radius 1 is 1.20 bits per heavy atom. The molecule has 3 rings (SSSR count). The van der Waals surface area contributed by atoms with Crippen LogP contribution in [0.4, 0.5) is 0 Å². The van der Waals surface area contributed by atoms with Crippen molar-refractivity contribution in [2.24, 2.45) is 5.92 Å². The van der Waals surface area contributed by atoms with Gasteiger partial charge in [-0.1, -0.05) is 19.3 Å². The van der Waals surface area contributed by atoms with Crippen molar-refractivity contribution in [3.8, 4) is 5.75 Å². The first-order valence-electron chi connectivity index (χ1n) is 9.42. The minimum Gasteiger partial charge on any atom is -0.502 e. The molecule has 1 aliphatic heterocycles. The number of piperidine rings is 1. The Kier molecular flexibility index (Phi) is 6.13. The molecule has 0 aromatic carbocycles. The van der Waals surface area contributed by atoms with E-state index < -0.39 is 5.43 Å². The van der Waals surface area contributed by atoms with Crippen LogP contribution in [-0.2, 0) is 11.3 Å². The molecule has 1 aromatic rings. The lowest BCUT2D eigenvalue weighted by atomic mass is 9.86. The maximum absolute atomic E-state index is 12.2. The summed E-state index contributed by atoms with van der Waals surface area (Å²) in [6.45, 7) is 2.27. The summed E-state index contributed by atoms with van der Waals surface area (Å²) in [7, 11) is 0. The van der Waals surface area contributed by atoms with E-state index in [1.807, 2.05) is 0 Å². The number of nitrogens with one attached hydrogen (secondary N) is 1. The third-order valence-corrected chi connectivity index (χ3v) is 5.40. The molecule has 2 heterocycles. The van der Waals surface area contributed by atoms with Crippen LogP contribution in [0.2, 0.25) is 0 Å². The number of aromatic hydroxyl groups is 1. The third kappa shape index (κ3) is 5.33. The van der Waals surface area contributed by atoms with Crippen molar-refractivity contribution in [1.29, 1.82) is 0 Å². The summed E-state index contributed by atoms with van der Waals surface area (Å²) in [6, 6.07) is 1.59. The topological polar surface area (TPSA) is 82.8 Å². The fourth-order valence-electron chi connectivity index (χ4n) is 3.92. The molecule has 2 N–H and O–H groups in total. The summed E-state index contributed by atoms with van der Waals surface area (Å²) >= 11 is 0. The van der Waals surface area contributed by atoms with Crippen molar-refractivity contribution in [2.75, 3.05) is 13.1 Å². The predicted molar refractivity (Wildman–Crippen MR) is 94.3 cm³/mol. The van der Waals surface area contributed by atoms with Gasteiger partial charge in [0.05, 0.1) is 6.54 Å². The van der Waals surface area contributed by atoms with Gasteiger partial charge < -0.3 is 14.8 Å². The molecule has 6 heteroatoms. The van der Waals surface area contributed by atoms with Gasteiger partial charge >= 0.3 is 0 Å². The highest BCUT2D eigenvalue weighted by Gasteiger charge is 2.23. The maximum atomic E-state index is 12.2. The molecule has 0 radical (unpaired) electrons. The first-order valence-corrected chi connectivity index (χ1v) is 9.42. The molecule has 0 unspecified atom stereocenters. The molecular formula is C19H28N2O4. The number of carbonyl (C=O) groups excluding carboxylic acids is 1. The van der Waals surface area contributed by atoms with Gasteiger partial charge in [-0.15, -0.1) is 0 Å². The third-order valence-electron chi connectivity index (χ3n) is 5.40. The molecule has 0 bridgehead atoms. The second-order valence-corrected chi connectivity index (χ2v) is 7.42. The highest BCUT2D eigenvalue weighted by atomic mass is 16.4. The van der Waals surface area contributed by atoms with E-state index in [2.05, 4.69) is 10.2 Å². The Morgan fingerprint density at radius 2 is 1.92 bits per heavy atom. The van der Waals surface area contributed by atoms with Crippen molar-refractivity contribution in [3.63, 3.8) is 0 Å². The van der Waals surface area contributed by atoms with Crippen molar-refractivity contribution < 1.29 is 14.3 Å². The predicted octanol–water partition coefficient (Wildman–Crippen LogP) is 2.40. The van der Waals surface area contributed by atoms with E-state index in [0.29, 0.717) is 24.6 Å². The number of likely N-dealkylation sites (tertiary alicyclic amines) is 1. The van der Waals surface area contributed by atoms with E-state index in [9.17, 15) is 14.7 Å². The number of hydrogen-bond acceptors (Lipinski definition) is 5. The van der Waals surface area contributed by atoms with E-state index in [4.69, 9.17) is 4.42 Å². The van der Waals surface area contributed by atoms with E-state index in [-0.39, 0.29) is 17.7 Å². The quantitative estimate of drug-likeness (QED) is 0.854. The zero-order chi connectivity index (χ0) is 17.6.